The fourth-order valence-electron chi connectivity index (χ4n) is 2.04. The lowest BCUT2D eigenvalue weighted by Crippen LogP contribution is -2.30. The molecule has 0 aliphatic rings. The van der Waals surface area contributed by atoms with Crippen LogP contribution in [-0.2, 0) is 4.79 Å². The summed E-state index contributed by atoms with van der Waals surface area (Å²) in [5.41, 5.74) is 2.91. The van der Waals surface area contributed by atoms with Crippen molar-refractivity contribution >= 4 is 23.2 Å². The lowest BCUT2D eigenvalue weighted by Gasteiger charge is -2.15. The molecule has 0 aromatic heterocycles. The highest BCUT2D eigenvalue weighted by molar-refractivity contribution is 6.30. The predicted molar refractivity (Wildman–Crippen MR) is 86.1 cm³/mol. The van der Waals surface area contributed by atoms with Crippen LogP contribution < -0.4 is 10.1 Å². The molecule has 3 nitrogen and oxygen atoms in total. The first-order chi connectivity index (χ1) is 9.94. The predicted octanol–water partition coefficient (Wildman–Crippen LogP) is 4.36. The van der Waals surface area contributed by atoms with Crippen LogP contribution in [-0.4, -0.2) is 12.0 Å². The molecule has 0 bridgehead atoms. The molecule has 1 atom stereocenters. The van der Waals surface area contributed by atoms with Crippen molar-refractivity contribution in [3.05, 3.63) is 58.6 Å². The molecule has 4 heteroatoms. The van der Waals surface area contributed by atoms with Crippen LogP contribution in [0.25, 0.3) is 0 Å². The molecule has 1 unspecified atom stereocenters. The van der Waals surface area contributed by atoms with Crippen molar-refractivity contribution in [3.8, 4) is 5.75 Å². The molecule has 1 N–H and O–H groups in total. The van der Waals surface area contributed by atoms with E-state index in [4.69, 9.17) is 16.3 Å². The Balaban J connectivity index is 2.00. The molecule has 0 saturated heterocycles. The summed E-state index contributed by atoms with van der Waals surface area (Å²) in [6.07, 6.45) is -0.582. The maximum absolute atomic E-state index is 12.1. The second-order valence-electron chi connectivity index (χ2n) is 5.08. The quantitative estimate of drug-likeness (QED) is 0.911. The largest absolute Gasteiger partial charge is 0.481 e. The van der Waals surface area contributed by atoms with E-state index < -0.39 is 6.10 Å². The van der Waals surface area contributed by atoms with E-state index in [2.05, 4.69) is 11.4 Å². The van der Waals surface area contributed by atoms with E-state index in [-0.39, 0.29) is 5.91 Å². The summed E-state index contributed by atoms with van der Waals surface area (Å²) in [5, 5.41) is 3.43. The van der Waals surface area contributed by atoms with Crippen LogP contribution in [0.15, 0.2) is 42.5 Å². The zero-order valence-corrected chi connectivity index (χ0v) is 13.1. The maximum atomic E-state index is 12.1. The minimum Gasteiger partial charge on any atom is -0.481 e. The third-order valence-electron chi connectivity index (χ3n) is 2.99. The number of carbonyl (C=O) groups is 1. The molecule has 0 fully saturated rings. The molecule has 2 rings (SSSR count). The van der Waals surface area contributed by atoms with Gasteiger partial charge in [-0.3, -0.25) is 4.79 Å². The Morgan fingerprint density at radius 1 is 1.10 bits per heavy atom. The summed E-state index contributed by atoms with van der Waals surface area (Å²) in [7, 11) is 0. The van der Waals surface area contributed by atoms with Gasteiger partial charge >= 0.3 is 0 Å². The zero-order chi connectivity index (χ0) is 15.4. The van der Waals surface area contributed by atoms with Gasteiger partial charge in [-0.2, -0.15) is 0 Å². The molecule has 2 aromatic rings. The van der Waals surface area contributed by atoms with E-state index >= 15 is 0 Å². The first-order valence-corrected chi connectivity index (χ1v) is 7.13. The van der Waals surface area contributed by atoms with Crippen LogP contribution in [0.1, 0.15) is 18.1 Å². The molecule has 0 spiro atoms. The standard InChI is InChI=1S/C17H18ClNO2/c1-11-8-12(2)10-16(9-11)21-13(3)17(20)19-15-6-4-14(18)5-7-15/h4-10,13H,1-3H3,(H,19,20). The van der Waals surface area contributed by atoms with Gasteiger partial charge in [-0.05, 0) is 68.3 Å². The van der Waals surface area contributed by atoms with Crippen LogP contribution in [0.2, 0.25) is 5.02 Å². The second-order valence-corrected chi connectivity index (χ2v) is 5.52. The number of benzene rings is 2. The minimum absolute atomic E-state index is 0.198. The second kappa shape index (κ2) is 6.64. The Bertz CT molecular complexity index is 617. The van der Waals surface area contributed by atoms with Crippen LogP contribution in [0.4, 0.5) is 5.69 Å². The Morgan fingerprint density at radius 3 is 2.24 bits per heavy atom. The SMILES string of the molecule is Cc1cc(C)cc(OC(C)C(=O)Nc2ccc(Cl)cc2)c1. The number of aryl methyl sites for hydroxylation is 2. The fourth-order valence-corrected chi connectivity index (χ4v) is 2.16. The first kappa shape index (κ1) is 15.4. The normalized spacial score (nSPS) is 11.8. The average molecular weight is 304 g/mol. The van der Waals surface area contributed by atoms with E-state index in [1.54, 1.807) is 31.2 Å². The van der Waals surface area contributed by atoms with Crippen molar-refractivity contribution in [2.24, 2.45) is 0 Å². The number of halogens is 1. The lowest BCUT2D eigenvalue weighted by atomic mass is 10.1. The van der Waals surface area contributed by atoms with E-state index in [0.29, 0.717) is 16.5 Å². The van der Waals surface area contributed by atoms with Gasteiger partial charge in [-0.1, -0.05) is 17.7 Å². The Hall–Kier alpha value is -2.00. The van der Waals surface area contributed by atoms with Crippen LogP contribution in [0.3, 0.4) is 0 Å². The van der Waals surface area contributed by atoms with Gasteiger partial charge in [-0.15, -0.1) is 0 Å². The highest BCUT2D eigenvalue weighted by atomic mass is 35.5. The summed E-state index contributed by atoms with van der Waals surface area (Å²) in [5.74, 6) is 0.503. The topological polar surface area (TPSA) is 38.3 Å². The highest BCUT2D eigenvalue weighted by Crippen LogP contribution is 2.18. The van der Waals surface area contributed by atoms with E-state index in [1.807, 2.05) is 26.0 Å². The molecular formula is C17H18ClNO2. The van der Waals surface area contributed by atoms with Crippen molar-refractivity contribution in [2.45, 2.75) is 26.9 Å². The van der Waals surface area contributed by atoms with E-state index in [0.717, 1.165) is 11.1 Å². The van der Waals surface area contributed by atoms with Crippen molar-refractivity contribution in [1.29, 1.82) is 0 Å². The monoisotopic (exact) mass is 303 g/mol. The maximum Gasteiger partial charge on any atom is 0.265 e. The molecule has 21 heavy (non-hydrogen) atoms. The average Bonchev–Trinajstić information content (AvgIpc) is 2.40. The van der Waals surface area contributed by atoms with Crippen molar-refractivity contribution in [2.75, 3.05) is 5.32 Å². The van der Waals surface area contributed by atoms with Crippen molar-refractivity contribution in [1.82, 2.24) is 0 Å². The molecule has 1 amide bonds. The molecule has 0 heterocycles. The lowest BCUT2D eigenvalue weighted by molar-refractivity contribution is -0.122. The zero-order valence-electron chi connectivity index (χ0n) is 12.3. The molecule has 0 saturated carbocycles. The summed E-state index contributed by atoms with van der Waals surface area (Å²) < 4.78 is 5.70. The Kier molecular flexibility index (Phi) is 4.86. The Labute approximate surface area is 129 Å². The van der Waals surface area contributed by atoms with Gasteiger partial charge in [0.1, 0.15) is 5.75 Å². The van der Waals surface area contributed by atoms with Gasteiger partial charge in [-0.25, -0.2) is 0 Å². The van der Waals surface area contributed by atoms with Crippen molar-refractivity contribution < 1.29 is 9.53 Å². The van der Waals surface area contributed by atoms with Crippen molar-refractivity contribution in [3.63, 3.8) is 0 Å². The highest BCUT2D eigenvalue weighted by Gasteiger charge is 2.15. The van der Waals surface area contributed by atoms with Gasteiger partial charge in [0.05, 0.1) is 0 Å². The van der Waals surface area contributed by atoms with Crippen LogP contribution in [0.5, 0.6) is 5.75 Å². The number of ether oxygens (including phenoxy) is 1. The number of rotatable bonds is 4. The summed E-state index contributed by atoms with van der Waals surface area (Å²) in [6.45, 7) is 5.72. The van der Waals surface area contributed by atoms with Crippen LogP contribution >= 0.6 is 11.6 Å². The molecular weight excluding hydrogens is 286 g/mol. The first-order valence-electron chi connectivity index (χ1n) is 6.75. The van der Waals surface area contributed by atoms with Gasteiger partial charge in [0.2, 0.25) is 0 Å². The molecule has 0 aliphatic carbocycles. The Morgan fingerprint density at radius 2 is 1.67 bits per heavy atom. The molecule has 0 aliphatic heterocycles. The van der Waals surface area contributed by atoms with Gasteiger partial charge in [0.15, 0.2) is 6.10 Å². The van der Waals surface area contributed by atoms with Crippen LogP contribution in [0, 0.1) is 13.8 Å². The third kappa shape index (κ3) is 4.50. The van der Waals surface area contributed by atoms with Gasteiger partial charge in [0.25, 0.3) is 5.91 Å². The fraction of sp³-hybridized carbons (Fsp3) is 0.235. The summed E-state index contributed by atoms with van der Waals surface area (Å²) in [4.78, 5) is 12.1. The van der Waals surface area contributed by atoms with E-state index in [9.17, 15) is 4.79 Å². The number of amides is 1. The number of anilines is 1. The van der Waals surface area contributed by atoms with Gasteiger partial charge in [0, 0.05) is 10.7 Å². The molecule has 0 radical (unpaired) electrons. The number of carbonyl (C=O) groups excluding carboxylic acids is 1. The summed E-state index contributed by atoms with van der Waals surface area (Å²) >= 11 is 5.81. The van der Waals surface area contributed by atoms with Gasteiger partial charge < -0.3 is 10.1 Å². The number of hydrogen-bond acceptors (Lipinski definition) is 2. The summed E-state index contributed by atoms with van der Waals surface area (Å²) in [6, 6.07) is 12.9. The number of hydrogen-bond donors (Lipinski definition) is 1. The van der Waals surface area contributed by atoms with E-state index in [1.165, 1.54) is 0 Å². The smallest absolute Gasteiger partial charge is 0.265 e. The molecule has 2 aromatic carbocycles. The third-order valence-corrected chi connectivity index (χ3v) is 3.24. The molecule has 110 valence electrons. The minimum atomic E-state index is -0.582. The number of nitrogens with one attached hydrogen (secondary N) is 1.